The lowest BCUT2D eigenvalue weighted by Gasteiger charge is -2.33. The number of rotatable bonds is 7. The molecule has 1 aliphatic heterocycles. The van der Waals surface area contributed by atoms with Crippen LogP contribution in [-0.2, 0) is 4.74 Å². The normalized spacial score (nSPS) is 17.4. The van der Waals surface area contributed by atoms with E-state index in [9.17, 15) is 0 Å². The molecule has 0 bridgehead atoms. The van der Waals surface area contributed by atoms with Crippen molar-refractivity contribution in [3.63, 3.8) is 0 Å². The molecule has 1 saturated heterocycles. The summed E-state index contributed by atoms with van der Waals surface area (Å²) in [7, 11) is 0. The number of nitrogens with zero attached hydrogens (tertiary/aromatic N) is 4. The minimum atomic E-state index is 0.211. The third kappa shape index (κ3) is 5.37. The van der Waals surface area contributed by atoms with E-state index in [-0.39, 0.29) is 6.10 Å². The van der Waals surface area contributed by atoms with Gasteiger partial charge in [0, 0.05) is 31.0 Å². The SMILES string of the molecule is Cc1ccc(-n2c(SC[C@@H]3CN(CC(C)C)CCO3)nnc2-c2ccccc2)cc1C. The second kappa shape index (κ2) is 9.98. The highest BCUT2D eigenvalue weighted by atomic mass is 32.2. The van der Waals surface area contributed by atoms with Crippen molar-refractivity contribution in [3.8, 4) is 17.1 Å². The number of aryl methyl sites for hydroxylation is 2. The van der Waals surface area contributed by atoms with E-state index < -0.39 is 0 Å². The zero-order chi connectivity index (χ0) is 21.8. The number of thioether (sulfide) groups is 1. The number of aromatic nitrogens is 3. The van der Waals surface area contributed by atoms with Crippen molar-refractivity contribution in [3.05, 3.63) is 59.7 Å². The Labute approximate surface area is 189 Å². The summed E-state index contributed by atoms with van der Waals surface area (Å²) < 4.78 is 8.25. The van der Waals surface area contributed by atoms with Crippen molar-refractivity contribution in [2.24, 2.45) is 5.92 Å². The summed E-state index contributed by atoms with van der Waals surface area (Å²) in [4.78, 5) is 2.52. The van der Waals surface area contributed by atoms with Crippen LogP contribution >= 0.6 is 11.8 Å². The van der Waals surface area contributed by atoms with Gasteiger partial charge in [0.05, 0.1) is 18.4 Å². The van der Waals surface area contributed by atoms with E-state index in [0.717, 1.165) is 54.2 Å². The fourth-order valence-corrected chi connectivity index (χ4v) is 4.92. The van der Waals surface area contributed by atoms with Crippen molar-refractivity contribution in [2.75, 3.05) is 32.0 Å². The maximum absolute atomic E-state index is 6.06. The maximum atomic E-state index is 6.06. The third-order valence-electron chi connectivity index (χ3n) is 5.66. The summed E-state index contributed by atoms with van der Waals surface area (Å²) in [5.41, 5.74) is 4.71. The van der Waals surface area contributed by atoms with E-state index in [1.54, 1.807) is 11.8 Å². The van der Waals surface area contributed by atoms with E-state index in [1.165, 1.54) is 11.1 Å². The third-order valence-corrected chi connectivity index (χ3v) is 6.72. The van der Waals surface area contributed by atoms with Crippen LogP contribution in [0.4, 0.5) is 0 Å². The van der Waals surface area contributed by atoms with Gasteiger partial charge in [0.2, 0.25) is 0 Å². The monoisotopic (exact) mass is 436 g/mol. The Balaban J connectivity index is 1.59. The zero-order valence-electron chi connectivity index (χ0n) is 18.9. The molecule has 0 N–H and O–H groups in total. The lowest BCUT2D eigenvalue weighted by molar-refractivity contribution is -0.0191. The molecule has 0 amide bonds. The standard InChI is InChI=1S/C25H32N4OS/c1-18(2)15-28-12-13-30-23(16-28)17-31-25-27-26-24(21-8-6-5-7-9-21)29(25)22-11-10-19(3)20(4)14-22/h5-11,14,18,23H,12-13,15-17H2,1-4H3/t23-/m0/s1. The van der Waals surface area contributed by atoms with Crippen molar-refractivity contribution in [1.82, 2.24) is 19.7 Å². The average Bonchev–Trinajstić information content (AvgIpc) is 3.19. The molecule has 1 atom stereocenters. The molecule has 4 rings (SSSR count). The topological polar surface area (TPSA) is 43.2 Å². The number of ether oxygens (including phenoxy) is 1. The van der Waals surface area contributed by atoms with Crippen LogP contribution in [0.1, 0.15) is 25.0 Å². The van der Waals surface area contributed by atoms with Crippen LogP contribution in [0.25, 0.3) is 17.1 Å². The van der Waals surface area contributed by atoms with E-state index in [4.69, 9.17) is 4.74 Å². The minimum absolute atomic E-state index is 0.211. The molecule has 1 aliphatic rings. The first-order valence-electron chi connectivity index (χ1n) is 11.1. The Bertz CT molecular complexity index is 1000. The molecule has 0 aliphatic carbocycles. The van der Waals surface area contributed by atoms with E-state index in [2.05, 4.69) is 77.7 Å². The Hall–Kier alpha value is -2.15. The van der Waals surface area contributed by atoms with Gasteiger partial charge in [-0.25, -0.2) is 0 Å². The van der Waals surface area contributed by atoms with Crippen molar-refractivity contribution in [2.45, 2.75) is 39.0 Å². The largest absolute Gasteiger partial charge is 0.375 e. The van der Waals surface area contributed by atoms with Gasteiger partial charge in [-0.1, -0.05) is 62.0 Å². The summed E-state index contributed by atoms with van der Waals surface area (Å²) in [6.07, 6.45) is 0.211. The minimum Gasteiger partial charge on any atom is -0.375 e. The molecule has 31 heavy (non-hydrogen) atoms. The van der Waals surface area contributed by atoms with Gasteiger partial charge < -0.3 is 4.74 Å². The summed E-state index contributed by atoms with van der Waals surface area (Å²) in [6.45, 7) is 12.8. The fourth-order valence-electron chi connectivity index (χ4n) is 3.97. The second-order valence-electron chi connectivity index (χ2n) is 8.73. The smallest absolute Gasteiger partial charge is 0.196 e. The van der Waals surface area contributed by atoms with Crippen LogP contribution < -0.4 is 0 Å². The van der Waals surface area contributed by atoms with Crippen molar-refractivity contribution < 1.29 is 4.74 Å². The fraction of sp³-hybridized carbons (Fsp3) is 0.440. The molecule has 0 spiro atoms. The van der Waals surface area contributed by atoms with E-state index in [1.807, 2.05) is 18.2 Å². The highest BCUT2D eigenvalue weighted by Gasteiger charge is 2.23. The number of hydrogen-bond donors (Lipinski definition) is 0. The zero-order valence-corrected chi connectivity index (χ0v) is 19.7. The molecule has 5 nitrogen and oxygen atoms in total. The van der Waals surface area contributed by atoms with Gasteiger partial charge >= 0.3 is 0 Å². The summed E-state index contributed by atoms with van der Waals surface area (Å²) in [6, 6.07) is 16.8. The molecule has 2 aromatic carbocycles. The average molecular weight is 437 g/mol. The first-order chi connectivity index (χ1) is 15.0. The van der Waals surface area contributed by atoms with Crippen LogP contribution in [0.15, 0.2) is 53.7 Å². The molecule has 164 valence electrons. The number of morpholine rings is 1. The highest BCUT2D eigenvalue weighted by Crippen LogP contribution is 2.29. The Morgan fingerprint density at radius 3 is 2.61 bits per heavy atom. The van der Waals surface area contributed by atoms with Crippen LogP contribution in [0, 0.1) is 19.8 Å². The summed E-state index contributed by atoms with van der Waals surface area (Å²) in [5.74, 6) is 2.41. The van der Waals surface area contributed by atoms with E-state index in [0.29, 0.717) is 5.92 Å². The molecular weight excluding hydrogens is 404 g/mol. The van der Waals surface area contributed by atoms with Crippen LogP contribution in [0.3, 0.4) is 0 Å². The van der Waals surface area contributed by atoms with Crippen LogP contribution in [0.2, 0.25) is 0 Å². The number of benzene rings is 2. The Morgan fingerprint density at radius 2 is 1.87 bits per heavy atom. The summed E-state index contributed by atoms with van der Waals surface area (Å²) in [5, 5.41) is 10.1. The quantitative estimate of drug-likeness (QED) is 0.488. The van der Waals surface area contributed by atoms with Crippen molar-refractivity contribution >= 4 is 11.8 Å². The van der Waals surface area contributed by atoms with Gasteiger partial charge in [-0.05, 0) is 43.0 Å². The van der Waals surface area contributed by atoms with Gasteiger partial charge in [-0.15, -0.1) is 10.2 Å². The van der Waals surface area contributed by atoms with Crippen LogP contribution in [-0.4, -0.2) is 57.8 Å². The van der Waals surface area contributed by atoms with Crippen molar-refractivity contribution in [1.29, 1.82) is 0 Å². The Morgan fingerprint density at radius 1 is 1.06 bits per heavy atom. The summed E-state index contributed by atoms with van der Waals surface area (Å²) >= 11 is 1.73. The molecule has 3 aromatic rings. The molecule has 6 heteroatoms. The molecule has 2 heterocycles. The van der Waals surface area contributed by atoms with E-state index >= 15 is 0 Å². The first kappa shape index (κ1) is 22.1. The molecule has 0 unspecified atom stereocenters. The van der Waals surface area contributed by atoms with Gasteiger partial charge in [0.1, 0.15) is 0 Å². The molecule has 0 saturated carbocycles. The maximum Gasteiger partial charge on any atom is 0.196 e. The predicted octanol–water partition coefficient (Wildman–Crippen LogP) is 5.00. The van der Waals surface area contributed by atoms with Gasteiger partial charge in [-0.2, -0.15) is 0 Å². The second-order valence-corrected chi connectivity index (χ2v) is 9.72. The van der Waals surface area contributed by atoms with Gasteiger partial charge in [0.25, 0.3) is 0 Å². The van der Waals surface area contributed by atoms with Gasteiger partial charge in [0.15, 0.2) is 11.0 Å². The predicted molar refractivity (Wildman–Crippen MR) is 128 cm³/mol. The highest BCUT2D eigenvalue weighted by molar-refractivity contribution is 7.99. The lowest BCUT2D eigenvalue weighted by Crippen LogP contribution is -2.44. The lowest BCUT2D eigenvalue weighted by atomic mass is 10.1. The van der Waals surface area contributed by atoms with Crippen LogP contribution in [0.5, 0.6) is 0 Å². The first-order valence-corrected chi connectivity index (χ1v) is 12.0. The van der Waals surface area contributed by atoms with Gasteiger partial charge in [-0.3, -0.25) is 9.47 Å². The Kier molecular flexibility index (Phi) is 7.10. The molecule has 1 aromatic heterocycles. The number of hydrogen-bond acceptors (Lipinski definition) is 5. The molecule has 0 radical (unpaired) electrons. The molecule has 1 fully saturated rings. The molecular formula is C25H32N4OS.